The van der Waals surface area contributed by atoms with Crippen LogP contribution < -0.4 is 39.0 Å². The van der Waals surface area contributed by atoms with E-state index < -0.39 is 13.8 Å². The predicted octanol–water partition coefficient (Wildman–Crippen LogP) is -0.459. The molecule has 2 aromatic carbocycles. The van der Waals surface area contributed by atoms with Gasteiger partial charge in [-0.15, -0.1) is 0 Å². The van der Waals surface area contributed by atoms with Crippen molar-refractivity contribution in [2.45, 2.75) is 6.61 Å². The van der Waals surface area contributed by atoms with Crippen molar-refractivity contribution in [2.24, 2.45) is 0 Å². The van der Waals surface area contributed by atoms with Crippen LogP contribution in [0.2, 0.25) is 0 Å². The average molecular weight is 344 g/mol. The molecule has 116 valence electrons. The summed E-state index contributed by atoms with van der Waals surface area (Å²) < 4.78 is 26.1. The Labute approximate surface area is 156 Å². The van der Waals surface area contributed by atoms with E-state index in [9.17, 15) is 14.3 Å². The molecule has 8 heteroatoms. The number of carbonyl (C=O) groups excluding carboxylic acids is 1. The molecule has 0 bridgehead atoms. The Morgan fingerprint density at radius 3 is 2.35 bits per heavy atom. The quantitative estimate of drug-likeness (QED) is 0.401. The van der Waals surface area contributed by atoms with Gasteiger partial charge in [0.1, 0.15) is 11.3 Å². The molecule has 0 aliphatic rings. The van der Waals surface area contributed by atoms with Gasteiger partial charge in [0.15, 0.2) is 0 Å². The number of hydrogen-bond donors (Lipinski definition) is 0. The summed E-state index contributed by atoms with van der Waals surface area (Å²) in [5.74, 6) is -0.834. The number of ether oxygens (including phenoxy) is 1. The number of methoxy groups -OCH3 is 1. The maximum atomic E-state index is 11.9. The van der Waals surface area contributed by atoms with Gasteiger partial charge in [0.25, 0.3) is 0 Å². The third-order valence-corrected chi connectivity index (χ3v) is 3.60. The summed E-state index contributed by atoms with van der Waals surface area (Å²) in [7, 11) is -3.42. The molecule has 0 aromatic heterocycles. The fourth-order valence-electron chi connectivity index (χ4n) is 1.70. The molecule has 2 rings (SSSR count). The molecule has 6 nitrogen and oxygen atoms in total. The molecule has 0 aliphatic heterocycles. The molecular weight excluding hydrogens is 330 g/mol. The van der Waals surface area contributed by atoms with Crippen molar-refractivity contribution in [3.8, 4) is 5.75 Å². The number of para-hydroxylation sites is 1. The minimum atomic E-state index is -4.61. The number of benzene rings is 2. The summed E-state index contributed by atoms with van der Waals surface area (Å²) in [6.45, 7) is -0.151. The van der Waals surface area contributed by atoms with Gasteiger partial charge in [-0.3, -0.25) is 4.57 Å². The molecule has 0 amide bonds. The Hall–Kier alpha value is -1.14. The van der Waals surface area contributed by atoms with E-state index >= 15 is 0 Å². The standard InChI is InChI=1S/C15H15O6P.Na/c1-19-15(16)13-9-5-6-10-14(13)21-22(17,18)20-11-12-7-3-2-4-8-12;/h2-10H,11H2,1H3,(H,17,18);/q;+1/p-1. The topological polar surface area (TPSA) is 84.9 Å². The molecule has 0 spiro atoms. The van der Waals surface area contributed by atoms with Crippen molar-refractivity contribution < 1.29 is 57.6 Å². The van der Waals surface area contributed by atoms with Crippen molar-refractivity contribution in [1.82, 2.24) is 0 Å². The zero-order valence-corrected chi connectivity index (χ0v) is 15.7. The van der Waals surface area contributed by atoms with E-state index in [2.05, 4.69) is 4.74 Å². The first-order valence-electron chi connectivity index (χ1n) is 6.38. The van der Waals surface area contributed by atoms with Crippen LogP contribution in [-0.2, 0) is 20.4 Å². The van der Waals surface area contributed by atoms with Crippen LogP contribution in [0.5, 0.6) is 5.75 Å². The fraction of sp³-hybridized carbons (Fsp3) is 0.133. The molecule has 23 heavy (non-hydrogen) atoms. The molecule has 2 aromatic rings. The molecule has 1 unspecified atom stereocenters. The summed E-state index contributed by atoms with van der Waals surface area (Å²) in [6, 6.07) is 14.7. The largest absolute Gasteiger partial charge is 1.00 e. The van der Waals surface area contributed by atoms with Crippen LogP contribution in [-0.4, -0.2) is 13.1 Å². The number of carbonyl (C=O) groups is 1. The molecule has 0 saturated heterocycles. The van der Waals surface area contributed by atoms with Crippen LogP contribution in [0, 0.1) is 0 Å². The Balaban J connectivity index is 0.00000264. The molecule has 0 N–H and O–H groups in total. The van der Waals surface area contributed by atoms with Gasteiger partial charge >= 0.3 is 43.3 Å². The molecule has 0 aliphatic carbocycles. The summed E-state index contributed by atoms with van der Waals surface area (Å²) in [5.41, 5.74) is 0.688. The number of phosphoric acid groups is 1. The van der Waals surface area contributed by atoms with E-state index in [1.807, 2.05) is 6.07 Å². The Bertz CT molecular complexity index is 691. The number of rotatable bonds is 6. The summed E-state index contributed by atoms with van der Waals surface area (Å²) in [6.07, 6.45) is 0. The summed E-state index contributed by atoms with van der Waals surface area (Å²) >= 11 is 0. The Morgan fingerprint density at radius 2 is 1.70 bits per heavy atom. The number of esters is 1. The van der Waals surface area contributed by atoms with E-state index in [1.54, 1.807) is 36.4 Å². The number of phosphoric ester groups is 1. The monoisotopic (exact) mass is 344 g/mol. The van der Waals surface area contributed by atoms with Crippen LogP contribution in [0.25, 0.3) is 0 Å². The van der Waals surface area contributed by atoms with Crippen LogP contribution in [0.1, 0.15) is 15.9 Å². The van der Waals surface area contributed by atoms with Crippen molar-refractivity contribution >= 4 is 13.8 Å². The van der Waals surface area contributed by atoms with Gasteiger partial charge in [-0.25, -0.2) is 4.79 Å². The first-order valence-corrected chi connectivity index (χ1v) is 7.84. The first kappa shape index (κ1) is 19.9. The van der Waals surface area contributed by atoms with E-state index in [-0.39, 0.29) is 47.5 Å². The van der Waals surface area contributed by atoms with Crippen LogP contribution in [0.4, 0.5) is 0 Å². The van der Waals surface area contributed by atoms with Crippen LogP contribution >= 0.6 is 7.82 Å². The van der Waals surface area contributed by atoms with Gasteiger partial charge in [0.05, 0.1) is 13.7 Å². The average Bonchev–Trinajstić information content (AvgIpc) is 2.53. The van der Waals surface area contributed by atoms with Crippen molar-refractivity contribution in [1.29, 1.82) is 0 Å². The van der Waals surface area contributed by atoms with E-state index in [0.717, 1.165) is 0 Å². The third kappa shape index (κ3) is 6.11. The smallest absolute Gasteiger partial charge is 0.746 e. The first-order chi connectivity index (χ1) is 10.5. The maximum absolute atomic E-state index is 11.9. The van der Waals surface area contributed by atoms with Crippen molar-refractivity contribution in [3.05, 3.63) is 65.7 Å². The Morgan fingerprint density at radius 1 is 1.09 bits per heavy atom. The zero-order valence-electron chi connectivity index (χ0n) is 12.8. The molecule has 0 radical (unpaired) electrons. The van der Waals surface area contributed by atoms with Gasteiger partial charge < -0.3 is 18.7 Å². The molecule has 0 fully saturated rings. The van der Waals surface area contributed by atoms with Crippen molar-refractivity contribution in [2.75, 3.05) is 7.11 Å². The minimum absolute atomic E-state index is 0. The SMILES string of the molecule is COC(=O)c1ccccc1OP(=O)([O-])OCc1ccccc1.[Na+]. The molecule has 0 saturated carbocycles. The van der Waals surface area contributed by atoms with E-state index in [4.69, 9.17) is 9.05 Å². The van der Waals surface area contributed by atoms with Crippen molar-refractivity contribution in [3.63, 3.8) is 0 Å². The van der Waals surface area contributed by atoms with Gasteiger partial charge in [0, 0.05) is 0 Å². The number of hydrogen-bond acceptors (Lipinski definition) is 6. The Kier molecular flexibility index (Phi) is 7.99. The normalized spacial score (nSPS) is 12.6. The summed E-state index contributed by atoms with van der Waals surface area (Å²) in [4.78, 5) is 23.4. The second-order valence-corrected chi connectivity index (χ2v) is 5.62. The molecule has 1 atom stereocenters. The van der Waals surface area contributed by atoms with Crippen LogP contribution in [0.3, 0.4) is 0 Å². The van der Waals surface area contributed by atoms with Crippen LogP contribution in [0.15, 0.2) is 54.6 Å². The van der Waals surface area contributed by atoms with Gasteiger partial charge in [-0.1, -0.05) is 42.5 Å². The van der Waals surface area contributed by atoms with E-state index in [1.165, 1.54) is 19.2 Å². The minimum Gasteiger partial charge on any atom is -0.746 e. The van der Waals surface area contributed by atoms with Gasteiger partial charge in [0.2, 0.25) is 0 Å². The second kappa shape index (κ2) is 9.23. The van der Waals surface area contributed by atoms with E-state index in [0.29, 0.717) is 5.56 Å². The fourth-order valence-corrected chi connectivity index (χ4v) is 2.46. The maximum Gasteiger partial charge on any atom is 1.00 e. The predicted molar refractivity (Wildman–Crippen MR) is 77.2 cm³/mol. The van der Waals surface area contributed by atoms with Gasteiger partial charge in [-0.05, 0) is 17.7 Å². The molecular formula is C15H14NaO6P. The molecule has 0 heterocycles. The zero-order chi connectivity index (χ0) is 16.0. The van der Waals surface area contributed by atoms with Gasteiger partial charge in [-0.2, -0.15) is 0 Å². The summed E-state index contributed by atoms with van der Waals surface area (Å²) in [5, 5.41) is 0. The second-order valence-electron chi connectivity index (χ2n) is 4.29. The third-order valence-electron chi connectivity index (χ3n) is 2.73.